The molecule has 1 aromatic carbocycles. The number of rotatable bonds is 3. The van der Waals surface area contributed by atoms with Crippen molar-refractivity contribution in [1.29, 1.82) is 0 Å². The minimum atomic E-state index is -3.39. The number of nitrogens with zero attached hydrogens (tertiary/aromatic N) is 2. The van der Waals surface area contributed by atoms with E-state index in [1.54, 1.807) is 22.5 Å². The topological polar surface area (TPSA) is 40.6 Å². The average molecular weight is 347 g/mol. The summed E-state index contributed by atoms with van der Waals surface area (Å²) in [6, 6.07) is 7.00. The van der Waals surface area contributed by atoms with Gasteiger partial charge in [-0.15, -0.1) is 0 Å². The van der Waals surface area contributed by atoms with Crippen LogP contribution in [0.4, 0.5) is 0 Å². The molecule has 0 N–H and O–H groups in total. The summed E-state index contributed by atoms with van der Waals surface area (Å²) in [5, 5.41) is 0. The Morgan fingerprint density at radius 2 is 1.89 bits per heavy atom. The highest BCUT2D eigenvalue weighted by Gasteiger charge is 2.27. The van der Waals surface area contributed by atoms with Gasteiger partial charge in [0.25, 0.3) is 0 Å². The zero-order chi connectivity index (χ0) is 13.9. The second-order valence-electron chi connectivity index (χ2n) is 4.62. The molecule has 0 bridgehead atoms. The Morgan fingerprint density at radius 1 is 1.16 bits per heavy atom. The number of likely N-dealkylation sites (N-methyl/N-ethyl adjacent to an activating group) is 1. The molecule has 0 saturated carbocycles. The van der Waals surface area contributed by atoms with Gasteiger partial charge in [-0.1, -0.05) is 19.1 Å². The van der Waals surface area contributed by atoms with Crippen molar-refractivity contribution in [3.05, 3.63) is 28.7 Å². The first-order chi connectivity index (χ1) is 9.05. The fraction of sp³-hybridized carbons (Fsp3) is 0.538. The van der Waals surface area contributed by atoms with E-state index >= 15 is 0 Å². The van der Waals surface area contributed by atoms with Crippen molar-refractivity contribution in [2.75, 3.05) is 32.7 Å². The number of hydrogen-bond donors (Lipinski definition) is 0. The molecule has 0 aliphatic carbocycles. The lowest BCUT2D eigenvalue weighted by Gasteiger charge is -2.21. The van der Waals surface area contributed by atoms with Crippen molar-refractivity contribution in [2.45, 2.75) is 18.2 Å². The quantitative estimate of drug-likeness (QED) is 0.841. The number of hydrogen-bond acceptors (Lipinski definition) is 3. The van der Waals surface area contributed by atoms with Crippen molar-refractivity contribution in [3.63, 3.8) is 0 Å². The summed E-state index contributed by atoms with van der Waals surface area (Å²) in [6.45, 7) is 6.03. The molecular weight excluding hydrogens is 328 g/mol. The van der Waals surface area contributed by atoms with E-state index in [2.05, 4.69) is 27.8 Å². The molecule has 106 valence electrons. The van der Waals surface area contributed by atoms with Crippen LogP contribution in [0.3, 0.4) is 0 Å². The van der Waals surface area contributed by atoms with Crippen LogP contribution in [0.15, 0.2) is 33.6 Å². The van der Waals surface area contributed by atoms with Crippen LogP contribution in [0.5, 0.6) is 0 Å². The maximum Gasteiger partial charge on any atom is 0.244 e. The Hall–Kier alpha value is -0.430. The van der Waals surface area contributed by atoms with Gasteiger partial charge in [-0.05, 0) is 47.6 Å². The van der Waals surface area contributed by atoms with Gasteiger partial charge >= 0.3 is 0 Å². The third-order valence-electron chi connectivity index (χ3n) is 3.45. The molecule has 1 fully saturated rings. The molecule has 1 aliphatic rings. The Morgan fingerprint density at radius 3 is 2.58 bits per heavy atom. The van der Waals surface area contributed by atoms with Crippen molar-refractivity contribution in [3.8, 4) is 0 Å². The van der Waals surface area contributed by atoms with Gasteiger partial charge in [0.15, 0.2) is 0 Å². The van der Waals surface area contributed by atoms with E-state index < -0.39 is 10.0 Å². The van der Waals surface area contributed by atoms with Crippen LogP contribution in [-0.4, -0.2) is 50.3 Å². The molecule has 1 aliphatic heterocycles. The maximum absolute atomic E-state index is 12.6. The van der Waals surface area contributed by atoms with Crippen molar-refractivity contribution in [1.82, 2.24) is 9.21 Å². The molecular formula is C13H19BrN2O2S. The van der Waals surface area contributed by atoms with Crippen LogP contribution in [0.1, 0.15) is 13.3 Å². The van der Waals surface area contributed by atoms with Gasteiger partial charge in [0, 0.05) is 24.1 Å². The van der Waals surface area contributed by atoms with Gasteiger partial charge in [-0.2, -0.15) is 4.31 Å². The minimum absolute atomic E-state index is 0.361. The fourth-order valence-electron chi connectivity index (χ4n) is 2.30. The first-order valence-corrected chi connectivity index (χ1v) is 8.76. The molecule has 0 atom stereocenters. The summed E-state index contributed by atoms with van der Waals surface area (Å²) in [6.07, 6.45) is 0.886. The average Bonchev–Trinajstić information content (AvgIpc) is 2.64. The van der Waals surface area contributed by atoms with Crippen LogP contribution in [0.2, 0.25) is 0 Å². The summed E-state index contributed by atoms with van der Waals surface area (Å²) in [4.78, 5) is 2.65. The summed E-state index contributed by atoms with van der Waals surface area (Å²) in [7, 11) is -3.39. The molecule has 0 radical (unpaired) electrons. The van der Waals surface area contributed by atoms with Crippen LogP contribution in [-0.2, 0) is 10.0 Å². The second kappa shape index (κ2) is 6.35. The number of benzene rings is 1. The van der Waals surface area contributed by atoms with Crippen LogP contribution >= 0.6 is 15.9 Å². The third-order valence-corrected chi connectivity index (χ3v) is 6.36. The van der Waals surface area contributed by atoms with E-state index in [0.717, 1.165) is 26.1 Å². The van der Waals surface area contributed by atoms with Gasteiger partial charge in [-0.3, -0.25) is 0 Å². The molecule has 0 unspecified atom stereocenters. The molecule has 0 spiro atoms. The molecule has 2 rings (SSSR count). The van der Waals surface area contributed by atoms with E-state index in [1.165, 1.54) is 0 Å². The predicted molar refractivity (Wildman–Crippen MR) is 79.6 cm³/mol. The highest BCUT2D eigenvalue weighted by Crippen LogP contribution is 2.25. The Kier molecular flexibility index (Phi) is 5.00. The maximum atomic E-state index is 12.6. The lowest BCUT2D eigenvalue weighted by Crippen LogP contribution is -2.35. The molecule has 19 heavy (non-hydrogen) atoms. The van der Waals surface area contributed by atoms with Gasteiger partial charge in [0.2, 0.25) is 10.0 Å². The molecule has 6 heteroatoms. The molecule has 1 saturated heterocycles. The zero-order valence-electron chi connectivity index (χ0n) is 11.0. The summed E-state index contributed by atoms with van der Waals surface area (Å²) in [5.74, 6) is 0. The monoisotopic (exact) mass is 346 g/mol. The standard InChI is InChI=1S/C13H19BrN2O2S/c1-2-15-8-5-9-16(11-10-15)19(17,18)13-7-4-3-6-12(13)14/h3-4,6-7H,2,5,8-11H2,1H3. The Labute approximate surface area is 123 Å². The highest BCUT2D eigenvalue weighted by atomic mass is 79.9. The van der Waals surface area contributed by atoms with E-state index in [4.69, 9.17) is 0 Å². The molecule has 4 nitrogen and oxygen atoms in total. The van der Waals surface area contributed by atoms with Gasteiger partial charge in [-0.25, -0.2) is 8.42 Å². The number of sulfonamides is 1. The van der Waals surface area contributed by atoms with E-state index in [9.17, 15) is 8.42 Å². The molecule has 1 heterocycles. The van der Waals surface area contributed by atoms with E-state index in [1.807, 2.05) is 6.07 Å². The van der Waals surface area contributed by atoms with Crippen molar-refractivity contribution >= 4 is 26.0 Å². The van der Waals surface area contributed by atoms with Gasteiger partial charge in [0.05, 0.1) is 4.90 Å². The lowest BCUT2D eigenvalue weighted by atomic mass is 10.4. The Bertz CT molecular complexity index is 533. The first kappa shape index (κ1) is 15.0. The van der Waals surface area contributed by atoms with Crippen LogP contribution < -0.4 is 0 Å². The number of halogens is 1. The minimum Gasteiger partial charge on any atom is -0.302 e. The van der Waals surface area contributed by atoms with Gasteiger partial charge in [0.1, 0.15) is 0 Å². The fourth-order valence-corrected chi connectivity index (χ4v) is 4.73. The molecule has 0 amide bonds. The summed E-state index contributed by atoms with van der Waals surface area (Å²) >= 11 is 3.33. The third kappa shape index (κ3) is 3.37. The van der Waals surface area contributed by atoms with Crippen molar-refractivity contribution in [2.24, 2.45) is 0 Å². The van der Waals surface area contributed by atoms with Crippen LogP contribution in [0.25, 0.3) is 0 Å². The first-order valence-electron chi connectivity index (χ1n) is 6.52. The summed E-state index contributed by atoms with van der Waals surface area (Å²) in [5.41, 5.74) is 0. The largest absolute Gasteiger partial charge is 0.302 e. The van der Waals surface area contributed by atoms with E-state index in [0.29, 0.717) is 22.5 Å². The SMILES string of the molecule is CCN1CCCN(S(=O)(=O)c2ccccc2Br)CC1. The molecule has 1 aromatic rings. The molecule has 0 aromatic heterocycles. The highest BCUT2D eigenvalue weighted by molar-refractivity contribution is 9.10. The van der Waals surface area contributed by atoms with Gasteiger partial charge < -0.3 is 4.90 Å². The predicted octanol–water partition coefficient (Wildman–Crippen LogP) is 2.17. The van der Waals surface area contributed by atoms with E-state index in [-0.39, 0.29) is 0 Å². The normalized spacial score (nSPS) is 19.3. The summed E-state index contributed by atoms with van der Waals surface area (Å²) < 4.78 is 27.5. The second-order valence-corrected chi connectivity index (χ2v) is 7.38. The van der Waals surface area contributed by atoms with Crippen molar-refractivity contribution < 1.29 is 8.42 Å². The lowest BCUT2D eigenvalue weighted by molar-refractivity contribution is 0.302. The smallest absolute Gasteiger partial charge is 0.244 e. The zero-order valence-corrected chi connectivity index (χ0v) is 13.5. The van der Waals surface area contributed by atoms with Crippen LogP contribution in [0, 0.1) is 0 Å². The Balaban J connectivity index is 2.23.